The zero-order valence-electron chi connectivity index (χ0n) is 12.2. The highest BCUT2D eigenvalue weighted by molar-refractivity contribution is 7.16. The quantitative estimate of drug-likeness (QED) is 0.525. The van der Waals surface area contributed by atoms with Crippen molar-refractivity contribution in [2.45, 2.75) is 6.54 Å². The summed E-state index contributed by atoms with van der Waals surface area (Å²) in [5.74, 6) is 0.0493. The molecule has 3 N–H and O–H groups in total. The summed E-state index contributed by atoms with van der Waals surface area (Å²) in [5, 5.41) is 21.8. The van der Waals surface area contributed by atoms with Gasteiger partial charge < -0.3 is 10.4 Å². The predicted octanol–water partition coefficient (Wildman–Crippen LogP) is 1.68. The molecule has 0 atom stereocenters. The molecule has 0 aliphatic heterocycles. The number of hydrogen-bond donors (Lipinski definition) is 3. The molecule has 8 nitrogen and oxygen atoms in total. The minimum atomic E-state index is -0.394. The second kappa shape index (κ2) is 5.46. The highest BCUT2D eigenvalue weighted by atomic mass is 32.1. The minimum Gasteiger partial charge on any atom is -0.508 e. The number of amides is 1. The Balaban J connectivity index is 1.59. The van der Waals surface area contributed by atoms with Crippen LogP contribution in [0.4, 0.5) is 5.82 Å². The molecule has 1 aromatic carbocycles. The number of aromatic hydroxyl groups is 1. The molecule has 0 spiro atoms. The van der Waals surface area contributed by atoms with Crippen molar-refractivity contribution in [2.75, 3.05) is 5.32 Å². The van der Waals surface area contributed by atoms with Gasteiger partial charge in [-0.1, -0.05) is 0 Å². The lowest BCUT2D eigenvalue weighted by Gasteiger charge is -2.05. The monoisotopic (exact) mass is 341 g/mol. The van der Waals surface area contributed by atoms with Crippen LogP contribution in [-0.2, 0) is 11.3 Å². The second-order valence-corrected chi connectivity index (χ2v) is 6.06. The van der Waals surface area contributed by atoms with Crippen LogP contribution in [0.15, 0.2) is 40.8 Å². The Kier molecular flexibility index (Phi) is 3.28. The summed E-state index contributed by atoms with van der Waals surface area (Å²) < 4.78 is 1.26. The molecule has 0 bridgehead atoms. The number of nitrogens with zero attached hydrogens (tertiary/aromatic N) is 3. The number of H-pyrrole nitrogens is 1. The lowest BCUT2D eigenvalue weighted by Crippen LogP contribution is -2.27. The van der Waals surface area contributed by atoms with Crippen LogP contribution in [0.1, 0.15) is 0 Å². The van der Waals surface area contributed by atoms with Gasteiger partial charge >= 0.3 is 0 Å². The van der Waals surface area contributed by atoms with Crippen LogP contribution in [-0.4, -0.2) is 30.8 Å². The number of thiophene rings is 1. The summed E-state index contributed by atoms with van der Waals surface area (Å²) in [6.07, 6.45) is 1.36. The first kappa shape index (κ1) is 14.4. The van der Waals surface area contributed by atoms with Crippen LogP contribution < -0.4 is 10.9 Å². The van der Waals surface area contributed by atoms with Crippen molar-refractivity contribution in [1.82, 2.24) is 19.7 Å². The third-order valence-electron chi connectivity index (χ3n) is 3.57. The lowest BCUT2D eigenvalue weighted by molar-refractivity contribution is -0.116. The maximum Gasteiger partial charge on any atom is 0.262 e. The van der Waals surface area contributed by atoms with Crippen molar-refractivity contribution in [3.63, 3.8) is 0 Å². The number of hydrogen-bond acceptors (Lipinski definition) is 6. The molecule has 0 unspecified atom stereocenters. The van der Waals surface area contributed by atoms with Gasteiger partial charge in [-0.25, -0.2) is 4.98 Å². The number of phenols is 1. The number of fused-ring (bicyclic) bond motifs is 2. The highest BCUT2D eigenvalue weighted by Crippen LogP contribution is 2.23. The molecule has 3 aromatic heterocycles. The van der Waals surface area contributed by atoms with Gasteiger partial charge in [0.2, 0.25) is 5.91 Å². The van der Waals surface area contributed by atoms with Crippen LogP contribution in [0.3, 0.4) is 0 Å². The first-order valence-electron chi connectivity index (χ1n) is 7.01. The minimum absolute atomic E-state index is 0.103. The van der Waals surface area contributed by atoms with Gasteiger partial charge in [0.1, 0.15) is 17.1 Å². The van der Waals surface area contributed by atoms with E-state index < -0.39 is 5.91 Å². The first-order chi connectivity index (χ1) is 11.6. The molecule has 1 amide bonds. The fourth-order valence-electron chi connectivity index (χ4n) is 2.44. The average Bonchev–Trinajstić information content (AvgIpc) is 3.17. The Hall–Kier alpha value is -3.20. The summed E-state index contributed by atoms with van der Waals surface area (Å²) in [6, 6.07) is 6.36. The van der Waals surface area contributed by atoms with Crippen molar-refractivity contribution in [2.24, 2.45) is 0 Å². The van der Waals surface area contributed by atoms with E-state index in [9.17, 15) is 14.7 Å². The van der Waals surface area contributed by atoms with E-state index in [2.05, 4.69) is 20.5 Å². The molecular weight excluding hydrogens is 330 g/mol. The molecule has 9 heteroatoms. The van der Waals surface area contributed by atoms with E-state index in [0.717, 1.165) is 0 Å². The number of phenolic OH excluding ortho intramolecular Hbond substituents is 1. The molecule has 120 valence electrons. The van der Waals surface area contributed by atoms with Gasteiger partial charge in [-0.3, -0.25) is 19.3 Å². The predicted molar refractivity (Wildman–Crippen MR) is 90.3 cm³/mol. The van der Waals surface area contributed by atoms with Crippen molar-refractivity contribution < 1.29 is 9.90 Å². The Morgan fingerprint density at radius 1 is 1.33 bits per heavy atom. The van der Waals surface area contributed by atoms with Crippen LogP contribution in [0, 0.1) is 0 Å². The van der Waals surface area contributed by atoms with E-state index in [1.165, 1.54) is 34.4 Å². The largest absolute Gasteiger partial charge is 0.508 e. The van der Waals surface area contributed by atoms with E-state index in [-0.39, 0.29) is 17.9 Å². The highest BCUT2D eigenvalue weighted by Gasteiger charge is 2.12. The van der Waals surface area contributed by atoms with Crippen molar-refractivity contribution in [3.05, 3.63) is 46.3 Å². The van der Waals surface area contributed by atoms with Gasteiger partial charge in [-0.15, -0.1) is 11.3 Å². The van der Waals surface area contributed by atoms with Gasteiger partial charge in [0.15, 0.2) is 5.82 Å². The third-order valence-corrected chi connectivity index (χ3v) is 4.39. The number of nitrogens with one attached hydrogen (secondary N) is 2. The third kappa shape index (κ3) is 2.40. The normalized spacial score (nSPS) is 11.2. The summed E-state index contributed by atoms with van der Waals surface area (Å²) >= 11 is 1.38. The number of benzene rings is 1. The summed E-state index contributed by atoms with van der Waals surface area (Å²) in [7, 11) is 0. The summed E-state index contributed by atoms with van der Waals surface area (Å²) in [5.41, 5.74) is 0.344. The average molecular weight is 341 g/mol. The van der Waals surface area contributed by atoms with Crippen molar-refractivity contribution in [1.29, 1.82) is 0 Å². The lowest BCUT2D eigenvalue weighted by atomic mass is 10.2. The van der Waals surface area contributed by atoms with E-state index in [1.807, 2.05) is 0 Å². The summed E-state index contributed by atoms with van der Waals surface area (Å²) in [6.45, 7) is -0.163. The fourth-order valence-corrected chi connectivity index (χ4v) is 3.16. The Morgan fingerprint density at radius 3 is 3.08 bits per heavy atom. The fraction of sp³-hybridized carbons (Fsp3) is 0.0667. The molecule has 4 rings (SSSR count). The van der Waals surface area contributed by atoms with Crippen LogP contribution in [0.2, 0.25) is 0 Å². The van der Waals surface area contributed by atoms with Gasteiger partial charge in [0.05, 0.1) is 17.2 Å². The topological polar surface area (TPSA) is 113 Å². The van der Waals surface area contributed by atoms with Crippen molar-refractivity contribution in [3.8, 4) is 5.75 Å². The smallest absolute Gasteiger partial charge is 0.262 e. The number of carbonyl (C=O) groups excluding carboxylic acids is 1. The SMILES string of the molecule is O=C(Cn1cnc2sccc2c1=O)Nc1n[nH]c2cc(O)ccc12. The van der Waals surface area contributed by atoms with E-state index in [1.54, 1.807) is 17.5 Å². The Labute approximate surface area is 138 Å². The Bertz CT molecular complexity index is 1130. The van der Waals surface area contributed by atoms with Gasteiger partial charge in [-0.05, 0) is 23.6 Å². The molecular formula is C15H11N5O3S. The standard InChI is InChI=1S/C15H11N5O3S/c21-8-1-2-9-11(5-8)18-19-13(9)17-12(22)6-20-7-16-14-10(15(20)23)3-4-24-14/h1-5,7,21H,6H2,(H2,17,18,19,22). The zero-order chi connectivity index (χ0) is 16.7. The van der Waals surface area contributed by atoms with Gasteiger partial charge in [0.25, 0.3) is 5.56 Å². The summed E-state index contributed by atoms with van der Waals surface area (Å²) in [4.78, 5) is 29.3. The number of anilines is 1. The molecule has 0 saturated carbocycles. The number of aromatic nitrogens is 4. The molecule has 4 aromatic rings. The van der Waals surface area contributed by atoms with E-state index >= 15 is 0 Å². The zero-order valence-corrected chi connectivity index (χ0v) is 13.0. The Morgan fingerprint density at radius 2 is 2.21 bits per heavy atom. The second-order valence-electron chi connectivity index (χ2n) is 5.17. The molecule has 0 saturated heterocycles. The number of aromatic amines is 1. The molecule has 0 fully saturated rings. The first-order valence-corrected chi connectivity index (χ1v) is 7.89. The molecule has 0 aliphatic rings. The molecule has 24 heavy (non-hydrogen) atoms. The van der Waals surface area contributed by atoms with E-state index in [4.69, 9.17) is 0 Å². The molecule has 3 heterocycles. The van der Waals surface area contributed by atoms with Crippen LogP contribution >= 0.6 is 11.3 Å². The van der Waals surface area contributed by atoms with Gasteiger partial charge in [-0.2, -0.15) is 5.10 Å². The van der Waals surface area contributed by atoms with Crippen molar-refractivity contribution >= 4 is 44.2 Å². The number of carbonyl (C=O) groups is 1. The maximum absolute atomic E-state index is 12.3. The molecule has 0 radical (unpaired) electrons. The van der Waals surface area contributed by atoms with Crippen LogP contribution in [0.5, 0.6) is 5.75 Å². The molecule has 0 aliphatic carbocycles. The maximum atomic E-state index is 12.3. The van der Waals surface area contributed by atoms with E-state index in [0.29, 0.717) is 26.9 Å². The number of rotatable bonds is 3. The van der Waals surface area contributed by atoms with Gasteiger partial charge in [0, 0.05) is 11.5 Å². The van der Waals surface area contributed by atoms with Crippen LogP contribution in [0.25, 0.3) is 21.1 Å².